The van der Waals surface area contributed by atoms with Crippen molar-refractivity contribution in [2.75, 3.05) is 0 Å². The number of rotatable bonds is 1. The van der Waals surface area contributed by atoms with Crippen molar-refractivity contribution in [3.05, 3.63) is 34.8 Å². The van der Waals surface area contributed by atoms with Crippen molar-refractivity contribution in [3.63, 3.8) is 0 Å². The van der Waals surface area contributed by atoms with Crippen LogP contribution in [-0.2, 0) is 12.8 Å². The highest BCUT2D eigenvalue weighted by Gasteiger charge is 2.18. The molecule has 2 aromatic rings. The molecule has 0 saturated heterocycles. The predicted molar refractivity (Wildman–Crippen MR) is 65.5 cm³/mol. The van der Waals surface area contributed by atoms with E-state index in [0.29, 0.717) is 5.15 Å². The molecule has 1 aliphatic rings. The largest absolute Gasteiger partial charge is 0.287 e. The van der Waals surface area contributed by atoms with Crippen molar-refractivity contribution in [2.24, 2.45) is 0 Å². The van der Waals surface area contributed by atoms with E-state index in [1.807, 2.05) is 13.3 Å². The Bertz CT molecular complexity index is 562. The molecular formula is C12H13ClN4. The zero-order chi connectivity index (χ0) is 11.8. The molecule has 0 aliphatic heterocycles. The number of hydrogen-bond acceptors (Lipinski definition) is 3. The molecule has 3 rings (SSSR count). The van der Waals surface area contributed by atoms with E-state index in [2.05, 4.69) is 19.5 Å². The van der Waals surface area contributed by atoms with E-state index in [9.17, 15) is 0 Å². The normalized spacial score (nSPS) is 14.7. The van der Waals surface area contributed by atoms with Gasteiger partial charge in [0.25, 0.3) is 0 Å². The SMILES string of the molecule is Cc1c(Cl)ncnc1-n1cnc2c1CCCC2. The standard InChI is InChI=1S/C12H13ClN4/c1-8-11(13)14-6-15-12(8)17-7-16-9-4-2-3-5-10(9)17/h6-7H,2-5H2,1H3. The fourth-order valence-electron chi connectivity index (χ4n) is 2.31. The Kier molecular flexibility index (Phi) is 2.59. The average molecular weight is 249 g/mol. The van der Waals surface area contributed by atoms with Gasteiger partial charge in [-0.1, -0.05) is 11.6 Å². The molecule has 1 aliphatic carbocycles. The van der Waals surface area contributed by atoms with Gasteiger partial charge in [0, 0.05) is 11.3 Å². The highest BCUT2D eigenvalue weighted by Crippen LogP contribution is 2.25. The minimum absolute atomic E-state index is 0.508. The molecule has 5 heteroatoms. The number of nitrogens with zero attached hydrogens (tertiary/aromatic N) is 4. The summed E-state index contributed by atoms with van der Waals surface area (Å²) in [4.78, 5) is 12.8. The number of aryl methyl sites for hydroxylation is 1. The van der Waals surface area contributed by atoms with Crippen molar-refractivity contribution in [1.29, 1.82) is 0 Å². The highest BCUT2D eigenvalue weighted by molar-refractivity contribution is 6.30. The van der Waals surface area contributed by atoms with E-state index in [1.165, 1.54) is 30.6 Å². The summed E-state index contributed by atoms with van der Waals surface area (Å²) < 4.78 is 2.05. The number of imidazole rings is 1. The lowest BCUT2D eigenvalue weighted by Crippen LogP contribution is -2.09. The van der Waals surface area contributed by atoms with Gasteiger partial charge < -0.3 is 0 Å². The van der Waals surface area contributed by atoms with E-state index in [1.54, 1.807) is 0 Å². The quantitative estimate of drug-likeness (QED) is 0.729. The Morgan fingerprint density at radius 2 is 2.00 bits per heavy atom. The summed E-state index contributed by atoms with van der Waals surface area (Å²) in [5.74, 6) is 0.848. The van der Waals surface area contributed by atoms with Gasteiger partial charge in [-0.05, 0) is 32.6 Å². The first-order chi connectivity index (χ1) is 8.27. The summed E-state index contributed by atoms with van der Waals surface area (Å²) in [5.41, 5.74) is 3.37. The molecule has 0 atom stereocenters. The van der Waals surface area contributed by atoms with Crippen LogP contribution in [0.2, 0.25) is 5.15 Å². The third kappa shape index (κ3) is 1.72. The molecular weight excluding hydrogens is 236 g/mol. The first-order valence-electron chi connectivity index (χ1n) is 5.80. The lowest BCUT2D eigenvalue weighted by molar-refractivity contribution is 0.653. The number of aromatic nitrogens is 4. The van der Waals surface area contributed by atoms with Gasteiger partial charge in [0.2, 0.25) is 0 Å². The fourth-order valence-corrected chi connectivity index (χ4v) is 2.44. The molecule has 0 radical (unpaired) electrons. The number of hydrogen-bond donors (Lipinski definition) is 0. The first-order valence-corrected chi connectivity index (χ1v) is 6.17. The Labute approximate surface area is 105 Å². The second-order valence-corrected chi connectivity index (χ2v) is 4.69. The summed E-state index contributed by atoms with van der Waals surface area (Å²) in [6, 6.07) is 0. The Morgan fingerprint density at radius 3 is 2.88 bits per heavy atom. The van der Waals surface area contributed by atoms with Crippen LogP contribution in [0.25, 0.3) is 5.82 Å². The van der Waals surface area contributed by atoms with Gasteiger partial charge in [0.1, 0.15) is 23.6 Å². The molecule has 88 valence electrons. The van der Waals surface area contributed by atoms with Crippen LogP contribution in [0.4, 0.5) is 0 Å². The summed E-state index contributed by atoms with van der Waals surface area (Å²) >= 11 is 6.03. The number of halogens is 1. The molecule has 2 aromatic heterocycles. The van der Waals surface area contributed by atoms with Crippen LogP contribution < -0.4 is 0 Å². The second kappa shape index (κ2) is 4.11. The van der Waals surface area contributed by atoms with Crippen LogP contribution in [0, 0.1) is 6.92 Å². The topological polar surface area (TPSA) is 43.6 Å². The molecule has 4 nitrogen and oxygen atoms in total. The minimum Gasteiger partial charge on any atom is -0.287 e. The summed E-state index contributed by atoms with van der Waals surface area (Å²) in [7, 11) is 0. The summed E-state index contributed by atoms with van der Waals surface area (Å²) in [6.45, 7) is 1.94. The van der Waals surface area contributed by atoms with E-state index in [0.717, 1.165) is 24.2 Å². The maximum atomic E-state index is 6.03. The van der Waals surface area contributed by atoms with Gasteiger partial charge in [0.05, 0.1) is 5.69 Å². The van der Waals surface area contributed by atoms with Crippen molar-refractivity contribution in [2.45, 2.75) is 32.6 Å². The second-order valence-electron chi connectivity index (χ2n) is 4.33. The molecule has 2 heterocycles. The Hall–Kier alpha value is -1.42. The molecule has 0 spiro atoms. The highest BCUT2D eigenvalue weighted by atomic mass is 35.5. The minimum atomic E-state index is 0.508. The lowest BCUT2D eigenvalue weighted by Gasteiger charge is -2.14. The third-order valence-corrected chi connectivity index (χ3v) is 3.64. The molecule has 0 fully saturated rings. The van der Waals surface area contributed by atoms with Crippen LogP contribution in [0.5, 0.6) is 0 Å². The molecule has 0 unspecified atom stereocenters. The van der Waals surface area contributed by atoms with E-state index < -0.39 is 0 Å². The third-order valence-electron chi connectivity index (χ3n) is 3.25. The van der Waals surface area contributed by atoms with Gasteiger partial charge in [-0.3, -0.25) is 4.57 Å². The van der Waals surface area contributed by atoms with Crippen molar-refractivity contribution in [1.82, 2.24) is 19.5 Å². The maximum Gasteiger partial charge on any atom is 0.145 e. The summed E-state index contributed by atoms with van der Waals surface area (Å²) in [5, 5.41) is 0.508. The van der Waals surface area contributed by atoms with Gasteiger partial charge in [0.15, 0.2) is 0 Å². The van der Waals surface area contributed by atoms with Crippen molar-refractivity contribution < 1.29 is 0 Å². The van der Waals surface area contributed by atoms with Gasteiger partial charge in [-0.25, -0.2) is 15.0 Å². The number of fused-ring (bicyclic) bond motifs is 1. The Morgan fingerprint density at radius 1 is 1.18 bits per heavy atom. The van der Waals surface area contributed by atoms with Gasteiger partial charge in [-0.15, -0.1) is 0 Å². The zero-order valence-electron chi connectivity index (χ0n) is 9.65. The van der Waals surface area contributed by atoms with Crippen LogP contribution in [0.3, 0.4) is 0 Å². The average Bonchev–Trinajstić information content (AvgIpc) is 2.77. The Balaban J connectivity index is 2.15. The first kappa shape index (κ1) is 10.7. The zero-order valence-corrected chi connectivity index (χ0v) is 10.4. The fraction of sp³-hybridized carbons (Fsp3) is 0.417. The molecule has 17 heavy (non-hydrogen) atoms. The van der Waals surface area contributed by atoms with Crippen molar-refractivity contribution in [3.8, 4) is 5.82 Å². The van der Waals surface area contributed by atoms with Crippen LogP contribution >= 0.6 is 11.6 Å². The predicted octanol–water partition coefficient (Wildman–Crippen LogP) is 2.50. The molecule has 0 saturated carbocycles. The molecule has 0 amide bonds. The lowest BCUT2D eigenvalue weighted by atomic mass is 10.0. The van der Waals surface area contributed by atoms with E-state index in [-0.39, 0.29) is 0 Å². The van der Waals surface area contributed by atoms with Crippen LogP contribution in [-0.4, -0.2) is 19.5 Å². The van der Waals surface area contributed by atoms with Crippen LogP contribution in [0.15, 0.2) is 12.7 Å². The monoisotopic (exact) mass is 248 g/mol. The maximum absolute atomic E-state index is 6.03. The summed E-state index contributed by atoms with van der Waals surface area (Å²) in [6.07, 6.45) is 7.93. The molecule has 0 N–H and O–H groups in total. The van der Waals surface area contributed by atoms with E-state index >= 15 is 0 Å². The van der Waals surface area contributed by atoms with Crippen LogP contribution in [0.1, 0.15) is 29.8 Å². The molecule has 0 aromatic carbocycles. The smallest absolute Gasteiger partial charge is 0.145 e. The molecule has 0 bridgehead atoms. The van der Waals surface area contributed by atoms with E-state index in [4.69, 9.17) is 11.6 Å². The van der Waals surface area contributed by atoms with Gasteiger partial charge in [-0.2, -0.15) is 0 Å². The van der Waals surface area contributed by atoms with Crippen molar-refractivity contribution >= 4 is 11.6 Å². The van der Waals surface area contributed by atoms with Gasteiger partial charge >= 0.3 is 0 Å².